The fraction of sp³-hybridized carbons (Fsp3) is 0.130. The van der Waals surface area contributed by atoms with Gasteiger partial charge in [0, 0.05) is 29.9 Å². The van der Waals surface area contributed by atoms with E-state index in [9.17, 15) is 24.8 Å². The summed E-state index contributed by atoms with van der Waals surface area (Å²) in [6.45, 7) is 3.64. The number of rotatable bonds is 4. The molecule has 1 aliphatic heterocycles. The van der Waals surface area contributed by atoms with Crippen molar-refractivity contribution in [1.82, 2.24) is 14.4 Å². The molecule has 34 heavy (non-hydrogen) atoms. The second-order valence-electron chi connectivity index (χ2n) is 7.76. The average molecular weight is 475 g/mol. The Kier molecular flexibility index (Phi) is 4.98. The van der Waals surface area contributed by atoms with Gasteiger partial charge < -0.3 is 9.51 Å². The Balaban J connectivity index is 1.75. The number of nitro groups is 1. The SMILES string of the molecule is Cc1cccn2c(C)c(C(O)=C3C(=O)C(=O)N(c4nccs4)C3c3ccc([N+](=O)[O-])cc3)nc12. The van der Waals surface area contributed by atoms with E-state index in [1.165, 1.54) is 35.4 Å². The number of benzene rings is 1. The lowest BCUT2D eigenvalue weighted by Gasteiger charge is -2.22. The fourth-order valence-corrected chi connectivity index (χ4v) is 4.80. The third-order valence-corrected chi connectivity index (χ3v) is 6.57. The molecule has 1 aromatic carbocycles. The Hall–Kier alpha value is -4.38. The third kappa shape index (κ3) is 3.17. The van der Waals surface area contributed by atoms with Gasteiger partial charge >= 0.3 is 5.91 Å². The maximum atomic E-state index is 13.2. The number of nitrogens with zero attached hydrogens (tertiary/aromatic N) is 5. The number of hydrogen-bond donors (Lipinski definition) is 1. The Morgan fingerprint density at radius 3 is 2.53 bits per heavy atom. The number of thiazole rings is 1. The number of non-ortho nitro benzene ring substituents is 1. The van der Waals surface area contributed by atoms with Crippen LogP contribution in [0.25, 0.3) is 11.4 Å². The largest absolute Gasteiger partial charge is 0.505 e. The molecule has 4 aromatic rings. The highest BCUT2D eigenvalue weighted by molar-refractivity contribution is 7.14. The number of aromatic nitrogens is 3. The number of carbonyl (C=O) groups excluding carboxylic acids is 2. The van der Waals surface area contributed by atoms with Gasteiger partial charge in [-0.2, -0.15) is 0 Å². The van der Waals surface area contributed by atoms with Crippen LogP contribution in [0, 0.1) is 24.0 Å². The molecule has 1 unspecified atom stereocenters. The van der Waals surface area contributed by atoms with Crippen molar-refractivity contribution in [2.24, 2.45) is 0 Å². The van der Waals surface area contributed by atoms with E-state index in [2.05, 4.69) is 9.97 Å². The molecule has 0 aliphatic carbocycles. The van der Waals surface area contributed by atoms with Gasteiger partial charge in [-0.3, -0.25) is 24.6 Å². The van der Waals surface area contributed by atoms with Crippen molar-refractivity contribution in [3.05, 3.63) is 92.4 Å². The van der Waals surface area contributed by atoms with Crippen LogP contribution in [0.2, 0.25) is 0 Å². The topological polar surface area (TPSA) is 131 Å². The standard InChI is InChI=1S/C23H17N5O5S/c1-12-4-3-10-26-13(2)17(25-21(12)26)19(29)16-18(14-5-7-15(8-6-14)28(32)33)27(22(31)20(16)30)23-24-9-11-34-23/h3-11,18,29H,1-2H3. The maximum Gasteiger partial charge on any atom is 0.301 e. The molecule has 1 amide bonds. The zero-order valence-corrected chi connectivity index (χ0v) is 18.8. The minimum atomic E-state index is -1.03. The van der Waals surface area contributed by atoms with Gasteiger partial charge in [0.15, 0.2) is 10.9 Å². The molecule has 3 aromatic heterocycles. The van der Waals surface area contributed by atoms with Crippen molar-refractivity contribution in [2.45, 2.75) is 19.9 Å². The van der Waals surface area contributed by atoms with Crippen molar-refractivity contribution in [2.75, 3.05) is 4.90 Å². The number of ketones is 1. The lowest BCUT2D eigenvalue weighted by Crippen LogP contribution is -2.29. The summed E-state index contributed by atoms with van der Waals surface area (Å²) in [6.07, 6.45) is 3.30. The van der Waals surface area contributed by atoms with Crippen molar-refractivity contribution < 1.29 is 19.6 Å². The summed E-state index contributed by atoms with van der Waals surface area (Å²) >= 11 is 1.16. The molecule has 11 heteroatoms. The number of aliphatic hydroxyl groups excluding tert-OH is 1. The summed E-state index contributed by atoms with van der Waals surface area (Å²) in [5.74, 6) is -2.15. The normalized spacial score (nSPS) is 17.6. The molecule has 1 atom stereocenters. The summed E-state index contributed by atoms with van der Waals surface area (Å²) in [6, 6.07) is 8.20. The number of anilines is 1. The van der Waals surface area contributed by atoms with E-state index in [4.69, 9.17) is 0 Å². The number of pyridine rings is 1. The van der Waals surface area contributed by atoms with Crippen LogP contribution in [0.3, 0.4) is 0 Å². The number of Topliss-reactive ketones (excluding diaryl/α,β-unsaturated/α-hetero) is 1. The van der Waals surface area contributed by atoms with Gasteiger partial charge in [-0.05, 0) is 43.2 Å². The van der Waals surface area contributed by atoms with E-state index in [0.717, 1.165) is 16.9 Å². The number of fused-ring (bicyclic) bond motifs is 1. The van der Waals surface area contributed by atoms with Crippen LogP contribution in [-0.2, 0) is 9.59 Å². The van der Waals surface area contributed by atoms with E-state index in [-0.39, 0.29) is 22.1 Å². The molecule has 4 heterocycles. The second-order valence-corrected chi connectivity index (χ2v) is 8.64. The van der Waals surface area contributed by atoms with E-state index < -0.39 is 28.4 Å². The molecule has 1 fully saturated rings. The molecule has 10 nitrogen and oxygen atoms in total. The van der Waals surface area contributed by atoms with Gasteiger partial charge in [0.2, 0.25) is 0 Å². The van der Waals surface area contributed by atoms with Crippen LogP contribution < -0.4 is 4.90 Å². The molecule has 1 N–H and O–H groups in total. The highest BCUT2D eigenvalue weighted by atomic mass is 32.1. The Morgan fingerprint density at radius 1 is 1.18 bits per heavy atom. The quantitative estimate of drug-likeness (QED) is 0.155. The van der Waals surface area contributed by atoms with Gasteiger partial charge in [-0.15, -0.1) is 11.3 Å². The summed E-state index contributed by atoms with van der Waals surface area (Å²) in [5.41, 5.74) is 2.39. The molecule has 0 bridgehead atoms. The van der Waals surface area contributed by atoms with Gasteiger partial charge in [0.1, 0.15) is 11.3 Å². The van der Waals surface area contributed by atoms with Crippen LogP contribution in [0.4, 0.5) is 10.8 Å². The molecule has 0 radical (unpaired) electrons. The van der Waals surface area contributed by atoms with Gasteiger partial charge in [-0.25, -0.2) is 9.97 Å². The Labute approximate surface area is 196 Å². The van der Waals surface area contributed by atoms with Crippen molar-refractivity contribution in [3.8, 4) is 0 Å². The molecule has 170 valence electrons. The molecular formula is C23H17N5O5S. The highest BCUT2D eigenvalue weighted by Gasteiger charge is 2.48. The van der Waals surface area contributed by atoms with Crippen LogP contribution >= 0.6 is 11.3 Å². The van der Waals surface area contributed by atoms with E-state index >= 15 is 0 Å². The fourth-order valence-electron chi connectivity index (χ4n) is 4.13. The first-order chi connectivity index (χ1) is 16.3. The number of imidazole rings is 1. The second kappa shape index (κ2) is 7.89. The van der Waals surface area contributed by atoms with Crippen LogP contribution in [0.15, 0.2) is 59.7 Å². The van der Waals surface area contributed by atoms with Crippen molar-refractivity contribution in [3.63, 3.8) is 0 Å². The molecule has 0 saturated carbocycles. The third-order valence-electron chi connectivity index (χ3n) is 5.80. The lowest BCUT2D eigenvalue weighted by atomic mass is 9.96. The average Bonchev–Trinajstić information content (AvgIpc) is 3.53. The van der Waals surface area contributed by atoms with Crippen LogP contribution in [0.5, 0.6) is 0 Å². The summed E-state index contributed by atoms with van der Waals surface area (Å²) in [7, 11) is 0. The van der Waals surface area contributed by atoms with Gasteiger partial charge in [0.05, 0.1) is 22.2 Å². The lowest BCUT2D eigenvalue weighted by molar-refractivity contribution is -0.384. The summed E-state index contributed by atoms with van der Waals surface area (Å²) in [4.78, 5) is 46.8. The number of hydrogen-bond acceptors (Lipinski definition) is 8. The zero-order valence-electron chi connectivity index (χ0n) is 18.0. The minimum absolute atomic E-state index is 0.137. The summed E-state index contributed by atoms with van der Waals surface area (Å²) < 4.78 is 1.79. The number of nitro benzene ring substituents is 1. The summed E-state index contributed by atoms with van der Waals surface area (Å²) in [5, 5.41) is 24.4. The van der Waals surface area contributed by atoms with Crippen LogP contribution in [-0.4, -0.2) is 36.1 Å². The van der Waals surface area contributed by atoms with Crippen LogP contribution in [0.1, 0.15) is 28.6 Å². The zero-order chi connectivity index (χ0) is 24.1. The molecular weight excluding hydrogens is 458 g/mol. The van der Waals surface area contributed by atoms with Gasteiger partial charge in [0.25, 0.3) is 11.5 Å². The highest BCUT2D eigenvalue weighted by Crippen LogP contribution is 2.43. The predicted octanol–water partition coefficient (Wildman–Crippen LogP) is 3.94. The van der Waals surface area contributed by atoms with E-state index in [1.54, 1.807) is 22.9 Å². The van der Waals surface area contributed by atoms with E-state index in [1.807, 2.05) is 19.1 Å². The molecule has 5 rings (SSSR count). The first-order valence-electron chi connectivity index (χ1n) is 10.2. The molecule has 1 saturated heterocycles. The molecule has 1 aliphatic rings. The first kappa shape index (κ1) is 21.5. The molecule has 0 spiro atoms. The number of carbonyl (C=O) groups is 2. The number of amides is 1. The number of aliphatic hydroxyl groups is 1. The first-order valence-corrected chi connectivity index (χ1v) is 11.1. The van der Waals surface area contributed by atoms with Crippen molar-refractivity contribution >= 4 is 45.3 Å². The Bertz CT molecular complexity index is 1500. The Morgan fingerprint density at radius 2 is 1.91 bits per heavy atom. The minimum Gasteiger partial charge on any atom is -0.505 e. The maximum absolute atomic E-state index is 13.2. The smallest absolute Gasteiger partial charge is 0.301 e. The van der Waals surface area contributed by atoms with E-state index in [0.29, 0.717) is 16.9 Å². The van der Waals surface area contributed by atoms with Gasteiger partial charge in [-0.1, -0.05) is 6.07 Å². The monoisotopic (exact) mass is 475 g/mol. The predicted molar refractivity (Wildman–Crippen MR) is 125 cm³/mol. The van der Waals surface area contributed by atoms with Crippen molar-refractivity contribution in [1.29, 1.82) is 0 Å². The number of aryl methyl sites for hydroxylation is 2.